The van der Waals surface area contributed by atoms with Crippen molar-refractivity contribution >= 4 is 0 Å². The lowest BCUT2D eigenvalue weighted by molar-refractivity contribution is -0.0114. The van der Waals surface area contributed by atoms with E-state index in [0.29, 0.717) is 25.1 Å². The lowest BCUT2D eigenvalue weighted by atomic mass is 9.99. The average molecular weight is 267 g/mol. The number of ether oxygens (including phenoxy) is 2. The topological polar surface area (TPSA) is 64.7 Å². The van der Waals surface area contributed by atoms with Crippen LogP contribution in [0, 0.1) is 0 Å². The van der Waals surface area contributed by atoms with Gasteiger partial charge in [-0.2, -0.15) is 0 Å². The predicted octanol–water partition coefficient (Wildman–Crippen LogP) is 2.34. The van der Waals surface area contributed by atoms with Gasteiger partial charge in [0.25, 0.3) is 0 Å². The van der Waals surface area contributed by atoms with E-state index in [9.17, 15) is 5.11 Å². The lowest BCUT2D eigenvalue weighted by Gasteiger charge is -2.25. The van der Waals surface area contributed by atoms with E-state index in [1.807, 2.05) is 45.0 Å². The highest BCUT2D eigenvalue weighted by Gasteiger charge is 2.23. The summed E-state index contributed by atoms with van der Waals surface area (Å²) in [5.41, 5.74) is 4.76. The zero-order valence-electron chi connectivity index (χ0n) is 12.1. The van der Waals surface area contributed by atoms with Gasteiger partial charge in [-0.25, -0.2) is 0 Å². The predicted molar refractivity (Wildman–Crippen MR) is 76.6 cm³/mol. The van der Waals surface area contributed by atoms with Crippen LogP contribution in [0.5, 0.6) is 11.5 Å². The van der Waals surface area contributed by atoms with Crippen molar-refractivity contribution in [2.24, 2.45) is 5.73 Å². The van der Waals surface area contributed by atoms with Gasteiger partial charge in [0, 0.05) is 12.6 Å². The molecule has 1 aromatic carbocycles. The van der Waals surface area contributed by atoms with Crippen molar-refractivity contribution in [2.45, 2.75) is 45.3 Å². The Kier molecular flexibility index (Phi) is 6.12. The molecular weight excluding hydrogens is 242 g/mol. The minimum atomic E-state index is -0.762. The van der Waals surface area contributed by atoms with Crippen molar-refractivity contribution in [3.8, 4) is 11.5 Å². The normalized spacial score (nSPS) is 13.1. The maximum atomic E-state index is 10.2. The quantitative estimate of drug-likeness (QED) is 0.759. The summed E-state index contributed by atoms with van der Waals surface area (Å²) in [5.74, 6) is 1.43. The Morgan fingerprint density at radius 1 is 1.26 bits per heavy atom. The summed E-state index contributed by atoms with van der Waals surface area (Å²) in [6, 6.07) is 7.40. The SMILES string of the molecule is CCC(O)(CC)COc1cccc(OC(C)CN)c1. The van der Waals surface area contributed by atoms with Gasteiger partial charge in [-0.15, -0.1) is 0 Å². The highest BCUT2D eigenvalue weighted by molar-refractivity contribution is 5.33. The first kappa shape index (κ1) is 15.8. The van der Waals surface area contributed by atoms with Crippen LogP contribution in [-0.4, -0.2) is 30.0 Å². The Hall–Kier alpha value is -1.26. The molecule has 0 bridgehead atoms. The summed E-state index contributed by atoms with van der Waals surface area (Å²) >= 11 is 0. The van der Waals surface area contributed by atoms with Gasteiger partial charge in [0.2, 0.25) is 0 Å². The smallest absolute Gasteiger partial charge is 0.123 e. The van der Waals surface area contributed by atoms with E-state index in [1.165, 1.54) is 0 Å². The monoisotopic (exact) mass is 267 g/mol. The Morgan fingerprint density at radius 3 is 2.47 bits per heavy atom. The van der Waals surface area contributed by atoms with Crippen LogP contribution in [0.4, 0.5) is 0 Å². The molecule has 0 fully saturated rings. The molecule has 1 aromatic rings. The van der Waals surface area contributed by atoms with Crippen LogP contribution in [0.25, 0.3) is 0 Å². The fourth-order valence-corrected chi connectivity index (χ4v) is 1.59. The summed E-state index contributed by atoms with van der Waals surface area (Å²) in [7, 11) is 0. The maximum Gasteiger partial charge on any atom is 0.123 e. The van der Waals surface area contributed by atoms with Gasteiger partial charge in [-0.05, 0) is 31.9 Å². The fraction of sp³-hybridized carbons (Fsp3) is 0.600. The van der Waals surface area contributed by atoms with E-state index in [-0.39, 0.29) is 12.7 Å². The molecule has 1 atom stereocenters. The Morgan fingerprint density at radius 2 is 1.89 bits per heavy atom. The van der Waals surface area contributed by atoms with Gasteiger partial charge in [-0.3, -0.25) is 0 Å². The molecule has 0 saturated heterocycles. The van der Waals surface area contributed by atoms with E-state index in [2.05, 4.69) is 0 Å². The van der Waals surface area contributed by atoms with Gasteiger partial charge < -0.3 is 20.3 Å². The van der Waals surface area contributed by atoms with E-state index < -0.39 is 5.60 Å². The first-order valence-electron chi connectivity index (χ1n) is 6.85. The van der Waals surface area contributed by atoms with Crippen LogP contribution in [0.3, 0.4) is 0 Å². The van der Waals surface area contributed by atoms with Crippen molar-refractivity contribution < 1.29 is 14.6 Å². The van der Waals surface area contributed by atoms with Crippen molar-refractivity contribution in [3.05, 3.63) is 24.3 Å². The highest BCUT2D eigenvalue weighted by Crippen LogP contribution is 2.23. The van der Waals surface area contributed by atoms with Gasteiger partial charge in [0.05, 0.1) is 5.60 Å². The molecule has 108 valence electrons. The molecule has 1 rings (SSSR count). The van der Waals surface area contributed by atoms with Gasteiger partial charge >= 0.3 is 0 Å². The van der Waals surface area contributed by atoms with Crippen LogP contribution in [0.2, 0.25) is 0 Å². The number of hydrogen-bond acceptors (Lipinski definition) is 4. The Balaban J connectivity index is 2.62. The van der Waals surface area contributed by atoms with Crippen molar-refractivity contribution in [3.63, 3.8) is 0 Å². The maximum absolute atomic E-state index is 10.2. The van der Waals surface area contributed by atoms with E-state index >= 15 is 0 Å². The highest BCUT2D eigenvalue weighted by atomic mass is 16.5. The van der Waals surface area contributed by atoms with Gasteiger partial charge in [-0.1, -0.05) is 19.9 Å². The zero-order valence-corrected chi connectivity index (χ0v) is 12.1. The third kappa shape index (κ3) is 5.09. The summed E-state index contributed by atoms with van der Waals surface area (Å²) in [6.07, 6.45) is 1.31. The first-order chi connectivity index (χ1) is 9.03. The standard InChI is InChI=1S/C15H25NO3/c1-4-15(17,5-2)11-18-13-7-6-8-14(9-13)19-12(3)10-16/h6-9,12,17H,4-5,10-11,16H2,1-3H3. The molecule has 0 spiro atoms. The summed E-state index contributed by atoms with van der Waals surface area (Å²) < 4.78 is 11.3. The molecular formula is C15H25NO3. The molecule has 0 saturated carbocycles. The molecule has 1 unspecified atom stereocenters. The molecule has 0 aliphatic rings. The Labute approximate surface area is 115 Å². The second-order valence-electron chi connectivity index (χ2n) is 4.86. The second-order valence-corrected chi connectivity index (χ2v) is 4.86. The largest absolute Gasteiger partial charge is 0.490 e. The van der Waals surface area contributed by atoms with Crippen molar-refractivity contribution in [1.82, 2.24) is 0 Å². The van der Waals surface area contributed by atoms with E-state index in [0.717, 1.165) is 5.75 Å². The van der Waals surface area contributed by atoms with Crippen molar-refractivity contribution in [2.75, 3.05) is 13.2 Å². The molecule has 0 amide bonds. The number of rotatable bonds is 8. The van der Waals surface area contributed by atoms with Crippen LogP contribution in [-0.2, 0) is 0 Å². The van der Waals surface area contributed by atoms with Crippen LogP contribution in [0.15, 0.2) is 24.3 Å². The lowest BCUT2D eigenvalue weighted by Crippen LogP contribution is -2.34. The third-order valence-corrected chi connectivity index (χ3v) is 3.30. The van der Waals surface area contributed by atoms with Crippen LogP contribution >= 0.6 is 0 Å². The minimum absolute atomic E-state index is 0.0292. The molecule has 0 aliphatic carbocycles. The molecule has 19 heavy (non-hydrogen) atoms. The number of benzene rings is 1. The summed E-state index contributed by atoms with van der Waals surface area (Å²) in [5, 5.41) is 10.2. The molecule has 0 heterocycles. The molecule has 4 nitrogen and oxygen atoms in total. The number of hydrogen-bond donors (Lipinski definition) is 2. The van der Waals surface area contributed by atoms with Gasteiger partial charge in [0.1, 0.15) is 24.2 Å². The van der Waals surface area contributed by atoms with Gasteiger partial charge in [0.15, 0.2) is 0 Å². The van der Waals surface area contributed by atoms with Crippen LogP contribution in [0.1, 0.15) is 33.6 Å². The van der Waals surface area contributed by atoms with Crippen LogP contribution < -0.4 is 15.2 Å². The number of nitrogens with two attached hydrogens (primary N) is 1. The minimum Gasteiger partial charge on any atom is -0.490 e. The van der Waals surface area contributed by atoms with E-state index in [4.69, 9.17) is 15.2 Å². The molecule has 3 N–H and O–H groups in total. The fourth-order valence-electron chi connectivity index (χ4n) is 1.59. The third-order valence-electron chi connectivity index (χ3n) is 3.30. The molecule has 4 heteroatoms. The van der Waals surface area contributed by atoms with Crippen molar-refractivity contribution in [1.29, 1.82) is 0 Å². The molecule has 0 aromatic heterocycles. The molecule has 0 radical (unpaired) electrons. The first-order valence-corrected chi connectivity index (χ1v) is 6.85. The zero-order chi connectivity index (χ0) is 14.3. The number of aliphatic hydroxyl groups is 1. The van der Waals surface area contributed by atoms with E-state index in [1.54, 1.807) is 0 Å². The average Bonchev–Trinajstić information content (AvgIpc) is 2.45. The second kappa shape index (κ2) is 7.36. The Bertz CT molecular complexity index is 377. The summed E-state index contributed by atoms with van der Waals surface area (Å²) in [6.45, 7) is 6.58. The summed E-state index contributed by atoms with van der Waals surface area (Å²) in [4.78, 5) is 0. The molecule has 0 aliphatic heterocycles.